The molecule has 0 aliphatic heterocycles. The largest absolute Gasteiger partial charge is 0.368 e. The molecule has 1 aromatic heterocycles. The number of rotatable bonds is 7. The maximum atomic E-state index is 12.5. The Morgan fingerprint density at radius 3 is 2.71 bits per heavy atom. The van der Waals surface area contributed by atoms with E-state index in [0.29, 0.717) is 17.5 Å². The molecule has 0 unspecified atom stereocenters. The van der Waals surface area contributed by atoms with Crippen LogP contribution in [-0.2, 0) is 16.6 Å². The number of amides is 1. The zero-order valence-electron chi connectivity index (χ0n) is 13.9. The summed E-state index contributed by atoms with van der Waals surface area (Å²) >= 11 is 5.98. The van der Waals surface area contributed by atoms with Gasteiger partial charge in [0.05, 0.1) is 6.61 Å². The Balaban J connectivity index is 1.75. The van der Waals surface area contributed by atoms with Gasteiger partial charge in [-0.3, -0.25) is 4.79 Å². The molecule has 1 fully saturated rings. The number of halogens is 1. The SMILES string of the molecule is C[C@H](OCC1CC1)C(=O)N[C@@H](c1ccc(Cl)cc1)c1nccn1C. The van der Waals surface area contributed by atoms with Gasteiger partial charge in [0, 0.05) is 24.5 Å². The van der Waals surface area contributed by atoms with Crippen molar-refractivity contribution in [1.29, 1.82) is 0 Å². The minimum atomic E-state index is -0.485. The van der Waals surface area contributed by atoms with Gasteiger partial charge in [-0.15, -0.1) is 0 Å². The van der Waals surface area contributed by atoms with Crippen LogP contribution < -0.4 is 5.32 Å². The Bertz CT molecular complexity index is 695. The molecule has 6 heteroatoms. The Labute approximate surface area is 147 Å². The molecule has 0 spiro atoms. The zero-order valence-corrected chi connectivity index (χ0v) is 14.7. The molecule has 1 amide bonds. The molecule has 1 N–H and O–H groups in total. The van der Waals surface area contributed by atoms with Crippen LogP contribution in [0.5, 0.6) is 0 Å². The lowest BCUT2D eigenvalue weighted by Gasteiger charge is -2.21. The predicted octanol–water partition coefficient (Wildman–Crippen LogP) is 3.09. The van der Waals surface area contributed by atoms with Crippen LogP contribution in [0.15, 0.2) is 36.7 Å². The molecule has 1 aromatic carbocycles. The summed E-state index contributed by atoms with van der Waals surface area (Å²) in [6.07, 6.45) is 5.50. The maximum Gasteiger partial charge on any atom is 0.249 e. The summed E-state index contributed by atoms with van der Waals surface area (Å²) < 4.78 is 7.57. The number of hydrogen-bond acceptors (Lipinski definition) is 3. The first-order valence-corrected chi connectivity index (χ1v) is 8.57. The fourth-order valence-corrected chi connectivity index (χ4v) is 2.63. The van der Waals surface area contributed by atoms with E-state index >= 15 is 0 Å². The van der Waals surface area contributed by atoms with Gasteiger partial charge in [0.25, 0.3) is 0 Å². The Morgan fingerprint density at radius 2 is 2.12 bits per heavy atom. The molecule has 0 bridgehead atoms. The molecule has 1 heterocycles. The van der Waals surface area contributed by atoms with Gasteiger partial charge in [0.2, 0.25) is 5.91 Å². The van der Waals surface area contributed by atoms with E-state index in [1.807, 2.05) is 42.1 Å². The van der Waals surface area contributed by atoms with Crippen molar-refractivity contribution in [2.75, 3.05) is 6.61 Å². The highest BCUT2D eigenvalue weighted by molar-refractivity contribution is 6.30. The number of benzene rings is 1. The number of imidazole rings is 1. The fourth-order valence-electron chi connectivity index (χ4n) is 2.51. The third-order valence-electron chi connectivity index (χ3n) is 4.25. The van der Waals surface area contributed by atoms with Gasteiger partial charge < -0.3 is 14.6 Å². The zero-order chi connectivity index (χ0) is 17.1. The van der Waals surface area contributed by atoms with Crippen LogP contribution in [0.25, 0.3) is 0 Å². The smallest absolute Gasteiger partial charge is 0.249 e. The summed E-state index contributed by atoms with van der Waals surface area (Å²) in [5.74, 6) is 1.25. The number of nitrogens with zero attached hydrogens (tertiary/aromatic N) is 2. The van der Waals surface area contributed by atoms with Gasteiger partial charge in [0.1, 0.15) is 18.0 Å². The van der Waals surface area contributed by atoms with E-state index in [1.165, 1.54) is 12.8 Å². The van der Waals surface area contributed by atoms with Crippen LogP contribution >= 0.6 is 11.6 Å². The van der Waals surface area contributed by atoms with Crippen LogP contribution in [0, 0.1) is 5.92 Å². The lowest BCUT2D eigenvalue weighted by atomic mass is 10.1. The Kier molecular flexibility index (Phi) is 5.21. The molecule has 2 atom stereocenters. The van der Waals surface area contributed by atoms with Gasteiger partial charge in [-0.25, -0.2) is 4.98 Å². The third-order valence-corrected chi connectivity index (χ3v) is 4.51. The van der Waals surface area contributed by atoms with Gasteiger partial charge in [0.15, 0.2) is 0 Å². The molecular weight excluding hydrogens is 326 g/mol. The summed E-state index contributed by atoms with van der Waals surface area (Å²) in [7, 11) is 1.91. The maximum absolute atomic E-state index is 12.5. The molecule has 1 aliphatic carbocycles. The number of carbonyl (C=O) groups is 1. The van der Waals surface area contributed by atoms with Crippen LogP contribution in [-0.4, -0.2) is 28.2 Å². The van der Waals surface area contributed by atoms with Crippen LogP contribution in [0.3, 0.4) is 0 Å². The summed E-state index contributed by atoms with van der Waals surface area (Å²) in [6, 6.07) is 7.08. The summed E-state index contributed by atoms with van der Waals surface area (Å²) in [5, 5.41) is 3.71. The standard InChI is InChI=1S/C18H22ClN3O2/c1-12(24-11-13-3-4-13)18(23)21-16(17-20-9-10-22(17)2)14-5-7-15(19)8-6-14/h5-10,12-13,16H,3-4,11H2,1-2H3,(H,21,23)/t12-,16-/m0/s1. The van der Waals surface area contributed by atoms with Crippen molar-refractivity contribution in [3.8, 4) is 0 Å². The Morgan fingerprint density at radius 1 is 1.42 bits per heavy atom. The molecule has 3 rings (SSSR count). The number of ether oxygens (including phenoxy) is 1. The van der Waals surface area contributed by atoms with Crippen molar-refractivity contribution in [2.24, 2.45) is 13.0 Å². The van der Waals surface area contributed by atoms with Crippen molar-refractivity contribution in [1.82, 2.24) is 14.9 Å². The molecule has 1 aliphatic rings. The number of nitrogens with one attached hydrogen (secondary N) is 1. The molecule has 1 saturated carbocycles. The average Bonchev–Trinajstić information content (AvgIpc) is 3.31. The van der Waals surface area contributed by atoms with E-state index in [1.54, 1.807) is 13.1 Å². The average molecular weight is 348 g/mol. The minimum Gasteiger partial charge on any atom is -0.368 e. The molecule has 128 valence electrons. The van der Waals surface area contributed by atoms with Crippen molar-refractivity contribution in [3.05, 3.63) is 53.1 Å². The quantitative estimate of drug-likeness (QED) is 0.837. The van der Waals surface area contributed by atoms with Gasteiger partial charge in [-0.1, -0.05) is 23.7 Å². The Hall–Kier alpha value is -1.85. The topological polar surface area (TPSA) is 56.1 Å². The first-order valence-electron chi connectivity index (χ1n) is 8.19. The molecule has 0 radical (unpaired) electrons. The summed E-state index contributed by atoms with van der Waals surface area (Å²) in [4.78, 5) is 16.9. The monoisotopic (exact) mass is 347 g/mol. The normalized spacial score (nSPS) is 16.6. The van der Waals surface area contributed by atoms with E-state index < -0.39 is 6.10 Å². The second kappa shape index (κ2) is 7.36. The van der Waals surface area contributed by atoms with Gasteiger partial charge in [-0.05, 0) is 43.4 Å². The molecule has 5 nitrogen and oxygen atoms in total. The lowest BCUT2D eigenvalue weighted by molar-refractivity contribution is -0.132. The van der Waals surface area contributed by atoms with E-state index in [-0.39, 0.29) is 11.9 Å². The van der Waals surface area contributed by atoms with Crippen molar-refractivity contribution < 1.29 is 9.53 Å². The highest BCUT2D eigenvalue weighted by atomic mass is 35.5. The van der Waals surface area contributed by atoms with Crippen molar-refractivity contribution in [3.63, 3.8) is 0 Å². The van der Waals surface area contributed by atoms with Crippen LogP contribution in [0.1, 0.15) is 37.2 Å². The molecule has 2 aromatic rings. The second-order valence-corrected chi connectivity index (χ2v) is 6.74. The first kappa shape index (κ1) is 17.0. The van der Waals surface area contributed by atoms with E-state index in [9.17, 15) is 4.79 Å². The van der Waals surface area contributed by atoms with E-state index in [2.05, 4.69) is 10.3 Å². The van der Waals surface area contributed by atoms with Crippen molar-refractivity contribution in [2.45, 2.75) is 31.9 Å². The minimum absolute atomic E-state index is 0.140. The van der Waals surface area contributed by atoms with Gasteiger partial charge >= 0.3 is 0 Å². The molecule has 24 heavy (non-hydrogen) atoms. The second-order valence-electron chi connectivity index (χ2n) is 6.31. The summed E-state index contributed by atoms with van der Waals surface area (Å²) in [6.45, 7) is 2.44. The van der Waals surface area contributed by atoms with E-state index in [4.69, 9.17) is 16.3 Å². The number of carbonyl (C=O) groups excluding carboxylic acids is 1. The van der Waals surface area contributed by atoms with E-state index in [0.717, 1.165) is 11.4 Å². The highest BCUT2D eigenvalue weighted by Crippen LogP contribution is 2.29. The summed E-state index contributed by atoms with van der Waals surface area (Å²) in [5.41, 5.74) is 0.927. The third kappa shape index (κ3) is 4.16. The number of aryl methyl sites for hydroxylation is 1. The fraction of sp³-hybridized carbons (Fsp3) is 0.444. The van der Waals surface area contributed by atoms with Gasteiger partial charge in [-0.2, -0.15) is 0 Å². The highest BCUT2D eigenvalue weighted by Gasteiger charge is 2.26. The van der Waals surface area contributed by atoms with Crippen molar-refractivity contribution >= 4 is 17.5 Å². The molecule has 0 saturated heterocycles. The number of hydrogen-bond donors (Lipinski definition) is 1. The number of aromatic nitrogens is 2. The predicted molar refractivity (Wildman–Crippen MR) is 92.8 cm³/mol. The van der Waals surface area contributed by atoms with Crippen LogP contribution in [0.4, 0.5) is 0 Å². The first-order chi connectivity index (χ1) is 11.5. The van der Waals surface area contributed by atoms with Crippen LogP contribution in [0.2, 0.25) is 5.02 Å². The lowest BCUT2D eigenvalue weighted by Crippen LogP contribution is -2.38. The molecular formula is C18H22ClN3O2.